The summed E-state index contributed by atoms with van der Waals surface area (Å²) >= 11 is 0. The molecule has 2 fully saturated rings. The zero-order valence-electron chi connectivity index (χ0n) is 14.5. The molecule has 2 aliphatic rings. The Balaban J connectivity index is 1.51. The van der Waals surface area contributed by atoms with Crippen LogP contribution < -0.4 is 0 Å². The van der Waals surface area contributed by atoms with Crippen LogP contribution in [0.15, 0.2) is 30.6 Å². The molecule has 0 spiro atoms. The van der Waals surface area contributed by atoms with Crippen LogP contribution in [0.25, 0.3) is 10.9 Å². The molecule has 0 unspecified atom stereocenters. The number of nitrogens with one attached hydrogen (secondary N) is 1. The Bertz CT molecular complexity index is 1010. The number of hydrogen-bond donors (Lipinski definition) is 1. The molecule has 2 aromatic heterocycles. The van der Waals surface area contributed by atoms with E-state index in [2.05, 4.69) is 20.4 Å². The zero-order chi connectivity index (χ0) is 18.6. The molecule has 140 valence electrons. The average Bonchev–Trinajstić information content (AvgIpc) is 3.05. The first-order chi connectivity index (χ1) is 13.0. The largest absolute Gasteiger partial charge is 0.321 e. The zero-order valence-corrected chi connectivity index (χ0v) is 14.5. The number of halogens is 2. The summed E-state index contributed by atoms with van der Waals surface area (Å²) in [5.41, 5.74) is 0.849. The van der Waals surface area contributed by atoms with Crippen LogP contribution in [-0.2, 0) is 6.54 Å². The van der Waals surface area contributed by atoms with Crippen LogP contribution in [0.1, 0.15) is 41.6 Å². The highest BCUT2D eigenvalue weighted by molar-refractivity contribution is 6.04. The highest BCUT2D eigenvalue weighted by atomic mass is 19.3. The van der Waals surface area contributed by atoms with Crippen molar-refractivity contribution in [1.82, 2.24) is 29.9 Å². The van der Waals surface area contributed by atoms with Crippen LogP contribution in [0.3, 0.4) is 0 Å². The van der Waals surface area contributed by atoms with Crippen molar-refractivity contribution in [1.29, 1.82) is 0 Å². The Hall–Kier alpha value is -2.84. The van der Waals surface area contributed by atoms with Gasteiger partial charge in [0.1, 0.15) is 6.33 Å². The molecular formula is C18H18F2N6O. The van der Waals surface area contributed by atoms with E-state index in [9.17, 15) is 13.6 Å². The molecule has 3 heterocycles. The summed E-state index contributed by atoms with van der Waals surface area (Å²) in [7, 11) is 0. The van der Waals surface area contributed by atoms with Gasteiger partial charge in [-0.2, -0.15) is 5.10 Å². The number of hydrogen-bond acceptors (Lipinski definition) is 4. The minimum atomic E-state index is -2.97. The fourth-order valence-electron chi connectivity index (χ4n) is 3.76. The molecular weight excluding hydrogens is 354 g/mol. The molecule has 27 heavy (non-hydrogen) atoms. The smallest absolute Gasteiger partial charge is 0.275 e. The van der Waals surface area contributed by atoms with Crippen molar-refractivity contribution in [3.63, 3.8) is 0 Å². The number of nitrogens with zero attached hydrogens (tertiary/aromatic N) is 5. The number of aromatic amines is 1. The third kappa shape index (κ3) is 2.87. The van der Waals surface area contributed by atoms with E-state index >= 15 is 0 Å². The van der Waals surface area contributed by atoms with Gasteiger partial charge in [-0.1, -0.05) is 18.2 Å². The molecule has 7 nitrogen and oxygen atoms in total. The van der Waals surface area contributed by atoms with Gasteiger partial charge < -0.3 is 9.47 Å². The molecule has 0 bridgehead atoms. The third-order valence-corrected chi connectivity index (χ3v) is 5.30. The number of carbonyl (C=O) groups is 1. The van der Waals surface area contributed by atoms with Gasteiger partial charge in [0, 0.05) is 18.4 Å². The van der Waals surface area contributed by atoms with E-state index in [4.69, 9.17) is 0 Å². The number of rotatable bonds is 4. The Morgan fingerprint density at radius 2 is 2.11 bits per heavy atom. The van der Waals surface area contributed by atoms with Crippen molar-refractivity contribution in [2.24, 2.45) is 5.92 Å². The fraction of sp³-hybridized carbons (Fsp3) is 0.444. The number of para-hydroxylation sites is 1. The minimum Gasteiger partial charge on any atom is -0.321 e. The summed E-state index contributed by atoms with van der Waals surface area (Å²) in [5.74, 6) is -2.52. The van der Waals surface area contributed by atoms with Crippen molar-refractivity contribution >= 4 is 16.8 Å². The average molecular weight is 372 g/mol. The van der Waals surface area contributed by atoms with E-state index in [1.165, 1.54) is 4.90 Å². The first-order valence-corrected chi connectivity index (χ1v) is 9.01. The van der Waals surface area contributed by atoms with E-state index in [0.717, 1.165) is 12.8 Å². The Labute approximate surface area is 153 Å². The van der Waals surface area contributed by atoms with Gasteiger partial charge in [-0.25, -0.2) is 8.78 Å². The number of carbonyl (C=O) groups excluding carboxylic acids is 1. The van der Waals surface area contributed by atoms with Gasteiger partial charge in [0.25, 0.3) is 11.8 Å². The van der Waals surface area contributed by atoms with Gasteiger partial charge >= 0.3 is 0 Å². The van der Waals surface area contributed by atoms with Crippen molar-refractivity contribution in [2.45, 2.75) is 37.8 Å². The van der Waals surface area contributed by atoms with E-state index in [1.807, 2.05) is 10.6 Å². The lowest BCUT2D eigenvalue weighted by atomic mass is 10.1. The lowest BCUT2D eigenvalue weighted by Gasteiger charge is -2.23. The summed E-state index contributed by atoms with van der Waals surface area (Å²) in [4.78, 5) is 14.3. The van der Waals surface area contributed by atoms with Crippen molar-refractivity contribution in [3.05, 3.63) is 42.1 Å². The van der Waals surface area contributed by atoms with E-state index in [1.54, 1.807) is 24.5 Å². The molecule has 0 radical (unpaired) electrons. The minimum absolute atomic E-state index is 0.154. The number of fused-ring (bicyclic) bond motifs is 1. The lowest BCUT2D eigenvalue weighted by molar-refractivity contribution is 0.0117. The molecule has 1 aromatic carbocycles. The van der Waals surface area contributed by atoms with Crippen molar-refractivity contribution in [2.75, 3.05) is 6.54 Å². The Morgan fingerprint density at radius 1 is 1.30 bits per heavy atom. The first kappa shape index (κ1) is 16.3. The van der Waals surface area contributed by atoms with Crippen LogP contribution in [0.5, 0.6) is 0 Å². The van der Waals surface area contributed by atoms with E-state index in [-0.39, 0.29) is 5.69 Å². The fourth-order valence-corrected chi connectivity index (χ4v) is 3.76. The molecule has 1 atom stereocenters. The van der Waals surface area contributed by atoms with Gasteiger partial charge in [-0.3, -0.25) is 9.89 Å². The van der Waals surface area contributed by atoms with Gasteiger partial charge in [-0.15, -0.1) is 10.2 Å². The maximum absolute atomic E-state index is 14.3. The number of aromatic nitrogens is 5. The summed E-state index contributed by atoms with van der Waals surface area (Å²) in [6.07, 6.45) is 3.36. The third-order valence-electron chi connectivity index (χ3n) is 5.30. The van der Waals surface area contributed by atoms with Gasteiger partial charge in [0.2, 0.25) is 0 Å². The summed E-state index contributed by atoms with van der Waals surface area (Å²) in [5, 5.41) is 15.5. The number of H-pyrrole nitrogens is 1. The second kappa shape index (κ2) is 5.83. The number of alkyl halides is 2. The summed E-state index contributed by atoms with van der Waals surface area (Å²) in [6.45, 7) is 0.0613. The van der Waals surface area contributed by atoms with Gasteiger partial charge in [0.05, 0.1) is 18.1 Å². The highest BCUT2D eigenvalue weighted by Gasteiger charge is 2.50. The van der Waals surface area contributed by atoms with Crippen molar-refractivity contribution < 1.29 is 13.6 Å². The predicted molar refractivity (Wildman–Crippen MR) is 92.2 cm³/mol. The van der Waals surface area contributed by atoms with E-state index in [0.29, 0.717) is 29.2 Å². The molecule has 1 aliphatic carbocycles. The number of likely N-dealkylation sites (tertiary alicyclic amines) is 1. The number of amides is 1. The van der Waals surface area contributed by atoms with Gasteiger partial charge in [0.15, 0.2) is 11.5 Å². The first-order valence-electron chi connectivity index (χ1n) is 9.01. The maximum Gasteiger partial charge on any atom is 0.275 e. The molecule has 9 heteroatoms. The Kier molecular flexibility index (Phi) is 3.53. The molecule has 1 saturated carbocycles. The quantitative estimate of drug-likeness (QED) is 0.764. The Morgan fingerprint density at radius 3 is 2.93 bits per heavy atom. The molecule has 5 rings (SSSR count). The van der Waals surface area contributed by atoms with E-state index < -0.39 is 30.8 Å². The van der Waals surface area contributed by atoms with Crippen LogP contribution in [0.4, 0.5) is 8.78 Å². The molecule has 1 N–H and O–H groups in total. The number of benzene rings is 1. The molecule has 3 aromatic rings. The van der Waals surface area contributed by atoms with Crippen LogP contribution in [-0.4, -0.2) is 48.2 Å². The highest BCUT2D eigenvalue weighted by Crippen LogP contribution is 2.42. The summed E-state index contributed by atoms with van der Waals surface area (Å²) in [6, 6.07) is 6.34. The maximum atomic E-state index is 14.3. The lowest BCUT2D eigenvalue weighted by Crippen LogP contribution is -2.34. The van der Waals surface area contributed by atoms with Crippen LogP contribution in [0.2, 0.25) is 0 Å². The summed E-state index contributed by atoms with van der Waals surface area (Å²) < 4.78 is 30.4. The predicted octanol–water partition coefficient (Wildman–Crippen LogP) is 2.79. The second-order valence-corrected chi connectivity index (χ2v) is 7.41. The standard InChI is InChI=1S/C18H18F2N6O/c19-18(20)7-14(16-24-21-10-25(16)8-11-5-6-11)26(9-18)17(27)15-12-3-1-2-4-13(12)22-23-15/h1-4,10-11,14H,5-9H2,(H,22,23)/t14-/m0/s1. The van der Waals surface area contributed by atoms with Crippen LogP contribution in [0, 0.1) is 5.92 Å². The van der Waals surface area contributed by atoms with Crippen LogP contribution >= 0.6 is 0 Å². The second-order valence-electron chi connectivity index (χ2n) is 7.41. The monoisotopic (exact) mass is 372 g/mol. The van der Waals surface area contributed by atoms with Crippen molar-refractivity contribution in [3.8, 4) is 0 Å². The molecule has 1 aliphatic heterocycles. The topological polar surface area (TPSA) is 79.7 Å². The molecule has 1 saturated heterocycles. The van der Waals surface area contributed by atoms with Gasteiger partial charge in [-0.05, 0) is 24.8 Å². The normalized spacial score (nSPS) is 21.9. The SMILES string of the molecule is O=C(c1n[nH]c2ccccc12)N1CC(F)(F)C[C@H]1c1nncn1CC1CC1. The molecule has 1 amide bonds.